The van der Waals surface area contributed by atoms with Crippen LogP contribution in [0.15, 0.2) is 38.1 Å². The first-order chi connectivity index (χ1) is 8.15. The van der Waals surface area contributed by atoms with Gasteiger partial charge in [-0.3, -0.25) is 4.98 Å². The lowest BCUT2D eigenvalue weighted by atomic mass is 10.1. The van der Waals surface area contributed by atoms with Gasteiger partial charge in [0.05, 0.1) is 0 Å². The minimum atomic E-state index is -0.679. The first-order valence-corrected chi connectivity index (χ1v) is 5.63. The van der Waals surface area contributed by atoms with Crippen LogP contribution in [0.25, 0.3) is 22.2 Å². The molecule has 0 unspecified atom stereocenters. The lowest BCUT2D eigenvalue weighted by molar-refractivity contribution is 0.453. The van der Waals surface area contributed by atoms with Gasteiger partial charge in [-0.1, -0.05) is 15.9 Å². The zero-order valence-electron chi connectivity index (χ0n) is 8.45. The molecule has 0 bridgehead atoms. The number of aromatic hydroxyl groups is 1. The van der Waals surface area contributed by atoms with E-state index in [1.54, 1.807) is 6.20 Å². The molecule has 5 nitrogen and oxygen atoms in total. The molecule has 2 aromatic heterocycles. The van der Waals surface area contributed by atoms with Crippen LogP contribution in [0.2, 0.25) is 0 Å². The number of hydrogen-bond donors (Lipinski definition) is 3. The van der Waals surface area contributed by atoms with Gasteiger partial charge >= 0.3 is 5.76 Å². The number of rotatable bonds is 1. The average Bonchev–Trinajstić information content (AvgIpc) is 2.81. The summed E-state index contributed by atoms with van der Waals surface area (Å²) in [5.74, 6) is -0.808. The quantitative estimate of drug-likeness (QED) is 0.645. The molecular formula is C11H7BrN2O3. The molecule has 0 aliphatic heterocycles. The van der Waals surface area contributed by atoms with Gasteiger partial charge in [-0.25, -0.2) is 4.79 Å². The zero-order valence-corrected chi connectivity index (χ0v) is 10.0. The molecule has 3 rings (SSSR count). The Hall–Kier alpha value is -1.95. The van der Waals surface area contributed by atoms with Crippen LogP contribution in [0, 0.1) is 0 Å². The highest BCUT2D eigenvalue weighted by molar-refractivity contribution is 9.10. The highest BCUT2D eigenvalue weighted by Gasteiger charge is 2.15. The Morgan fingerprint density at radius 1 is 1.35 bits per heavy atom. The van der Waals surface area contributed by atoms with Crippen molar-refractivity contribution in [2.75, 3.05) is 0 Å². The molecule has 6 heteroatoms. The normalized spacial score (nSPS) is 11.1. The number of aromatic amines is 2. The van der Waals surface area contributed by atoms with Crippen LogP contribution in [0.1, 0.15) is 0 Å². The predicted octanol–water partition coefficient (Wildman–Crippen LogP) is 2.58. The molecule has 0 radical (unpaired) electrons. The third-order valence-electron chi connectivity index (χ3n) is 2.52. The van der Waals surface area contributed by atoms with Crippen molar-refractivity contribution in [3.63, 3.8) is 0 Å². The van der Waals surface area contributed by atoms with E-state index >= 15 is 0 Å². The largest absolute Gasteiger partial charge is 0.492 e. The molecule has 3 aromatic rings. The fourth-order valence-corrected chi connectivity index (χ4v) is 2.14. The SMILES string of the molecule is O=c1[nH]c(O)c(-c2c[nH]c3ccc(Br)cc23)o1. The maximum absolute atomic E-state index is 11.0. The van der Waals surface area contributed by atoms with Crippen LogP contribution >= 0.6 is 15.9 Å². The number of fused-ring (bicyclic) bond motifs is 1. The first kappa shape index (κ1) is 10.2. The number of nitrogens with one attached hydrogen (secondary N) is 2. The van der Waals surface area contributed by atoms with Gasteiger partial charge < -0.3 is 14.5 Å². The highest BCUT2D eigenvalue weighted by atomic mass is 79.9. The van der Waals surface area contributed by atoms with E-state index in [1.807, 2.05) is 18.2 Å². The van der Waals surface area contributed by atoms with Crippen LogP contribution < -0.4 is 5.76 Å². The fourth-order valence-electron chi connectivity index (χ4n) is 1.78. The lowest BCUT2D eigenvalue weighted by Crippen LogP contribution is -1.92. The summed E-state index contributed by atoms with van der Waals surface area (Å²) < 4.78 is 5.82. The second-order valence-electron chi connectivity index (χ2n) is 3.58. The Balaban J connectivity index is 2.34. The van der Waals surface area contributed by atoms with Gasteiger partial charge in [-0.15, -0.1) is 0 Å². The summed E-state index contributed by atoms with van der Waals surface area (Å²) in [7, 11) is 0. The number of oxazole rings is 1. The molecule has 0 aliphatic rings. The van der Waals surface area contributed by atoms with Crippen molar-refractivity contribution >= 4 is 26.8 Å². The Labute approximate surface area is 103 Å². The van der Waals surface area contributed by atoms with Crippen molar-refractivity contribution < 1.29 is 9.52 Å². The summed E-state index contributed by atoms with van der Waals surface area (Å²) in [6.45, 7) is 0. The third kappa shape index (κ3) is 1.57. The number of halogens is 1. The number of benzene rings is 1. The van der Waals surface area contributed by atoms with Gasteiger partial charge in [0.2, 0.25) is 11.6 Å². The Morgan fingerprint density at radius 2 is 2.18 bits per heavy atom. The lowest BCUT2D eigenvalue weighted by Gasteiger charge is -1.95. The summed E-state index contributed by atoms with van der Waals surface area (Å²) in [6, 6.07) is 5.67. The van der Waals surface area contributed by atoms with Gasteiger partial charge in [-0.05, 0) is 18.2 Å². The van der Waals surface area contributed by atoms with Gasteiger partial charge in [0, 0.05) is 27.1 Å². The highest BCUT2D eigenvalue weighted by Crippen LogP contribution is 2.33. The molecule has 0 atom stereocenters. The smallest absolute Gasteiger partial charge is 0.419 e. The monoisotopic (exact) mass is 294 g/mol. The number of H-pyrrole nitrogens is 2. The van der Waals surface area contributed by atoms with Crippen molar-refractivity contribution in [3.8, 4) is 17.2 Å². The van der Waals surface area contributed by atoms with Crippen LogP contribution in [0.4, 0.5) is 0 Å². The standard InChI is InChI=1S/C11H7BrN2O3/c12-5-1-2-8-6(3-5)7(4-13-8)9-10(15)14-11(16)17-9/h1-4,13,15H,(H,14,16). The van der Waals surface area contributed by atoms with E-state index in [-0.39, 0.29) is 11.6 Å². The Bertz CT molecular complexity index is 754. The van der Waals surface area contributed by atoms with E-state index in [0.717, 1.165) is 15.4 Å². The zero-order chi connectivity index (χ0) is 12.0. The molecule has 0 spiro atoms. The molecule has 2 heterocycles. The Morgan fingerprint density at radius 3 is 2.88 bits per heavy atom. The van der Waals surface area contributed by atoms with Crippen molar-refractivity contribution in [2.24, 2.45) is 0 Å². The second kappa shape index (κ2) is 3.53. The van der Waals surface area contributed by atoms with E-state index in [2.05, 4.69) is 25.9 Å². The number of aromatic nitrogens is 2. The van der Waals surface area contributed by atoms with Crippen molar-refractivity contribution in [3.05, 3.63) is 39.4 Å². The summed E-state index contributed by atoms with van der Waals surface area (Å²) in [5.41, 5.74) is 1.53. The second-order valence-corrected chi connectivity index (χ2v) is 4.50. The molecule has 3 N–H and O–H groups in total. The third-order valence-corrected chi connectivity index (χ3v) is 3.01. The van der Waals surface area contributed by atoms with Gasteiger partial charge in [0.25, 0.3) is 0 Å². The van der Waals surface area contributed by atoms with E-state index in [9.17, 15) is 9.90 Å². The van der Waals surface area contributed by atoms with Crippen molar-refractivity contribution in [2.45, 2.75) is 0 Å². The maximum atomic E-state index is 11.0. The molecule has 0 saturated carbocycles. The average molecular weight is 295 g/mol. The molecule has 86 valence electrons. The van der Waals surface area contributed by atoms with Gasteiger partial charge in [-0.2, -0.15) is 0 Å². The summed E-state index contributed by atoms with van der Waals surface area (Å²) >= 11 is 3.37. The molecule has 0 aliphatic carbocycles. The maximum Gasteiger partial charge on any atom is 0.419 e. The van der Waals surface area contributed by atoms with Crippen molar-refractivity contribution in [1.82, 2.24) is 9.97 Å². The van der Waals surface area contributed by atoms with Gasteiger partial charge in [0.1, 0.15) is 0 Å². The van der Waals surface area contributed by atoms with E-state index in [4.69, 9.17) is 4.42 Å². The van der Waals surface area contributed by atoms with E-state index in [0.29, 0.717) is 5.56 Å². The summed E-state index contributed by atoms with van der Waals surface area (Å²) in [5, 5.41) is 10.4. The van der Waals surface area contributed by atoms with Crippen LogP contribution in [-0.2, 0) is 0 Å². The predicted molar refractivity (Wildman–Crippen MR) is 66.0 cm³/mol. The van der Waals surface area contributed by atoms with Gasteiger partial charge in [0.15, 0.2) is 0 Å². The van der Waals surface area contributed by atoms with Crippen molar-refractivity contribution in [1.29, 1.82) is 0 Å². The molecule has 0 fully saturated rings. The number of hydrogen-bond acceptors (Lipinski definition) is 3. The summed E-state index contributed by atoms with van der Waals surface area (Å²) in [6.07, 6.45) is 1.68. The van der Waals surface area contributed by atoms with Crippen LogP contribution in [0.5, 0.6) is 5.88 Å². The van der Waals surface area contributed by atoms with Crippen LogP contribution in [-0.4, -0.2) is 15.1 Å². The Kier molecular flexibility index (Phi) is 2.12. The molecule has 0 saturated heterocycles. The fraction of sp³-hybridized carbons (Fsp3) is 0. The first-order valence-electron chi connectivity index (χ1n) is 4.84. The molecule has 0 amide bonds. The minimum absolute atomic E-state index is 0.138. The molecule has 1 aromatic carbocycles. The summed E-state index contributed by atoms with van der Waals surface area (Å²) in [4.78, 5) is 16.2. The molecular weight excluding hydrogens is 288 g/mol. The minimum Gasteiger partial charge on any atom is -0.492 e. The van der Waals surface area contributed by atoms with Crippen LogP contribution in [0.3, 0.4) is 0 Å². The van der Waals surface area contributed by atoms with E-state index in [1.165, 1.54) is 0 Å². The van der Waals surface area contributed by atoms with E-state index < -0.39 is 5.76 Å². The topological polar surface area (TPSA) is 82.0 Å². The molecule has 17 heavy (non-hydrogen) atoms.